The molecule has 140 valence electrons. The number of carbonyl (C=O) groups excluding carboxylic acids is 2. The lowest BCUT2D eigenvalue weighted by atomic mass is 9.85. The highest BCUT2D eigenvalue weighted by molar-refractivity contribution is 5.89. The predicted molar refractivity (Wildman–Crippen MR) is 104 cm³/mol. The Morgan fingerprint density at radius 3 is 2.24 bits per heavy atom. The molecule has 1 aromatic carbocycles. The molecule has 0 heterocycles. The minimum atomic E-state index is -0.647. The van der Waals surface area contributed by atoms with E-state index in [1.165, 1.54) is 11.1 Å². The van der Waals surface area contributed by atoms with Crippen molar-refractivity contribution < 1.29 is 9.59 Å². The van der Waals surface area contributed by atoms with Gasteiger partial charge in [-0.3, -0.25) is 9.59 Å². The maximum atomic E-state index is 12.3. The zero-order valence-corrected chi connectivity index (χ0v) is 16.5. The van der Waals surface area contributed by atoms with E-state index in [1.54, 1.807) is 0 Å². The van der Waals surface area contributed by atoms with Gasteiger partial charge in [-0.05, 0) is 44.5 Å². The molecule has 25 heavy (non-hydrogen) atoms. The van der Waals surface area contributed by atoms with Crippen molar-refractivity contribution in [3.05, 3.63) is 35.4 Å². The molecule has 4 nitrogen and oxygen atoms in total. The number of rotatable bonds is 11. The third-order valence-corrected chi connectivity index (χ3v) is 4.45. The summed E-state index contributed by atoms with van der Waals surface area (Å²) in [5, 5.41) is 2.92. The van der Waals surface area contributed by atoms with Gasteiger partial charge in [0.05, 0.1) is 5.41 Å². The van der Waals surface area contributed by atoms with Crippen molar-refractivity contribution in [2.45, 2.75) is 52.9 Å². The van der Waals surface area contributed by atoms with Gasteiger partial charge in [0.25, 0.3) is 0 Å². The number of carbonyl (C=O) groups is 2. The maximum absolute atomic E-state index is 12.3. The number of hydrogen-bond acceptors (Lipinski definition) is 3. The fourth-order valence-corrected chi connectivity index (χ4v) is 2.73. The fourth-order valence-electron chi connectivity index (χ4n) is 2.73. The van der Waals surface area contributed by atoms with Crippen LogP contribution in [-0.4, -0.2) is 43.8 Å². The number of aryl methyl sites for hydroxylation is 2. The first-order valence-electron chi connectivity index (χ1n) is 9.27. The topological polar surface area (TPSA) is 49.4 Å². The molecule has 1 aromatic rings. The van der Waals surface area contributed by atoms with E-state index in [2.05, 4.69) is 36.5 Å². The summed E-state index contributed by atoms with van der Waals surface area (Å²) in [6, 6.07) is 8.59. The Hall–Kier alpha value is -1.68. The van der Waals surface area contributed by atoms with Gasteiger partial charge in [0.15, 0.2) is 0 Å². The highest BCUT2D eigenvalue weighted by Crippen LogP contribution is 2.22. The highest BCUT2D eigenvalue weighted by atomic mass is 16.2. The highest BCUT2D eigenvalue weighted by Gasteiger charge is 2.29. The Labute approximate surface area is 153 Å². The molecule has 4 heteroatoms. The second kappa shape index (κ2) is 10.3. The minimum Gasteiger partial charge on any atom is -0.354 e. The van der Waals surface area contributed by atoms with E-state index in [9.17, 15) is 9.59 Å². The smallest absolute Gasteiger partial charge is 0.226 e. The second-order valence-corrected chi connectivity index (χ2v) is 7.68. The molecule has 0 unspecified atom stereocenters. The van der Waals surface area contributed by atoms with Crippen molar-refractivity contribution in [2.75, 3.05) is 27.2 Å². The molecule has 0 aromatic heterocycles. The van der Waals surface area contributed by atoms with Gasteiger partial charge in [-0.2, -0.15) is 0 Å². The van der Waals surface area contributed by atoms with Gasteiger partial charge in [0, 0.05) is 25.9 Å². The van der Waals surface area contributed by atoms with Crippen LogP contribution in [0.1, 0.15) is 51.2 Å². The fraction of sp³-hybridized carbons (Fsp3) is 0.619. The van der Waals surface area contributed by atoms with E-state index >= 15 is 0 Å². The summed E-state index contributed by atoms with van der Waals surface area (Å²) in [6.45, 7) is 7.24. The third-order valence-electron chi connectivity index (χ3n) is 4.45. The summed E-state index contributed by atoms with van der Waals surface area (Å²) in [5.74, 6) is 0.121. The molecule has 0 aliphatic heterocycles. The van der Waals surface area contributed by atoms with Crippen LogP contribution in [-0.2, 0) is 22.4 Å². The van der Waals surface area contributed by atoms with Gasteiger partial charge in [0.1, 0.15) is 5.78 Å². The van der Waals surface area contributed by atoms with Crippen LogP contribution in [0.25, 0.3) is 0 Å². The molecule has 0 saturated carbocycles. The number of hydrogen-bond donors (Lipinski definition) is 1. The van der Waals surface area contributed by atoms with Crippen LogP contribution in [0.5, 0.6) is 0 Å². The quantitative estimate of drug-likeness (QED) is 0.669. The zero-order valence-electron chi connectivity index (χ0n) is 16.5. The van der Waals surface area contributed by atoms with Crippen LogP contribution in [0.3, 0.4) is 0 Å². The molecule has 0 bridgehead atoms. The normalized spacial score (nSPS) is 11.6. The van der Waals surface area contributed by atoms with E-state index in [0.29, 0.717) is 19.4 Å². The number of likely N-dealkylation sites (N-methyl/N-ethyl adjacent to an activating group) is 1. The van der Waals surface area contributed by atoms with E-state index in [1.807, 2.05) is 32.8 Å². The molecule has 0 radical (unpaired) electrons. The maximum Gasteiger partial charge on any atom is 0.226 e. The Balaban J connectivity index is 2.34. The van der Waals surface area contributed by atoms with Crippen LogP contribution in [0, 0.1) is 5.41 Å². The first kappa shape index (κ1) is 21.4. The Morgan fingerprint density at radius 1 is 1.08 bits per heavy atom. The van der Waals surface area contributed by atoms with Crippen molar-refractivity contribution >= 4 is 11.7 Å². The summed E-state index contributed by atoms with van der Waals surface area (Å²) in [4.78, 5) is 26.5. The second-order valence-electron chi connectivity index (χ2n) is 7.68. The first-order chi connectivity index (χ1) is 11.7. The monoisotopic (exact) mass is 346 g/mol. The standard InChI is InChI=1S/C21H34N2O2/c1-6-17-10-12-18(13-11-17)8-7-9-19(24)16-21(2,3)20(25)22-14-15-23(4)5/h10-13H,6-9,14-16H2,1-5H3,(H,22,25). The Bertz CT molecular complexity index is 548. The lowest BCUT2D eigenvalue weighted by molar-refractivity contribution is -0.134. The van der Waals surface area contributed by atoms with E-state index in [0.717, 1.165) is 25.8 Å². The van der Waals surface area contributed by atoms with Crippen LogP contribution in [0.15, 0.2) is 24.3 Å². The molecular formula is C21H34N2O2. The van der Waals surface area contributed by atoms with Crippen molar-refractivity contribution in [1.82, 2.24) is 10.2 Å². The summed E-state index contributed by atoms with van der Waals surface area (Å²) in [7, 11) is 3.94. The molecule has 0 saturated heterocycles. The SMILES string of the molecule is CCc1ccc(CCCC(=O)CC(C)(C)C(=O)NCCN(C)C)cc1. The van der Waals surface area contributed by atoms with Gasteiger partial charge < -0.3 is 10.2 Å². The Morgan fingerprint density at radius 2 is 1.68 bits per heavy atom. The average molecular weight is 347 g/mol. The largest absolute Gasteiger partial charge is 0.354 e. The molecule has 1 rings (SSSR count). The van der Waals surface area contributed by atoms with E-state index < -0.39 is 5.41 Å². The average Bonchev–Trinajstić information content (AvgIpc) is 2.54. The molecular weight excluding hydrogens is 312 g/mol. The molecule has 1 amide bonds. The van der Waals surface area contributed by atoms with Gasteiger partial charge >= 0.3 is 0 Å². The van der Waals surface area contributed by atoms with E-state index in [-0.39, 0.29) is 11.7 Å². The molecule has 0 aliphatic rings. The summed E-state index contributed by atoms with van der Waals surface area (Å²) < 4.78 is 0. The zero-order chi connectivity index (χ0) is 18.9. The van der Waals surface area contributed by atoms with Gasteiger partial charge in [-0.15, -0.1) is 0 Å². The van der Waals surface area contributed by atoms with Crippen LogP contribution in [0.4, 0.5) is 0 Å². The van der Waals surface area contributed by atoms with Crippen LogP contribution < -0.4 is 5.32 Å². The van der Waals surface area contributed by atoms with Gasteiger partial charge in [-0.25, -0.2) is 0 Å². The molecule has 0 spiro atoms. The van der Waals surface area contributed by atoms with E-state index in [4.69, 9.17) is 0 Å². The van der Waals surface area contributed by atoms with Crippen LogP contribution >= 0.6 is 0 Å². The third kappa shape index (κ3) is 8.30. The minimum absolute atomic E-state index is 0.0437. The van der Waals surface area contributed by atoms with Crippen LogP contribution in [0.2, 0.25) is 0 Å². The first-order valence-corrected chi connectivity index (χ1v) is 9.27. The number of Topliss-reactive ketones (excluding diaryl/α,β-unsaturated/α-hetero) is 1. The van der Waals surface area contributed by atoms with Crippen molar-refractivity contribution in [3.63, 3.8) is 0 Å². The lowest BCUT2D eigenvalue weighted by Crippen LogP contribution is -2.41. The predicted octanol–water partition coefficient (Wildman–Crippen LogP) is 3.23. The van der Waals surface area contributed by atoms with Crippen molar-refractivity contribution in [3.8, 4) is 0 Å². The number of nitrogens with one attached hydrogen (secondary N) is 1. The van der Waals surface area contributed by atoms with Gasteiger partial charge in [0.2, 0.25) is 5.91 Å². The number of nitrogens with zero attached hydrogens (tertiary/aromatic N) is 1. The number of amides is 1. The lowest BCUT2D eigenvalue weighted by Gasteiger charge is -2.23. The number of benzene rings is 1. The molecule has 1 N–H and O–H groups in total. The van der Waals surface area contributed by atoms with Gasteiger partial charge in [-0.1, -0.05) is 45.0 Å². The molecule has 0 fully saturated rings. The summed E-state index contributed by atoms with van der Waals surface area (Å²) in [5.41, 5.74) is 1.96. The van der Waals surface area contributed by atoms with Crippen molar-refractivity contribution in [1.29, 1.82) is 0 Å². The number of ketones is 1. The molecule has 0 aliphatic carbocycles. The summed E-state index contributed by atoms with van der Waals surface area (Å²) in [6.07, 6.45) is 3.62. The Kier molecular flexibility index (Phi) is 8.84. The van der Waals surface area contributed by atoms with Crippen molar-refractivity contribution in [2.24, 2.45) is 5.41 Å². The molecule has 0 atom stereocenters. The summed E-state index contributed by atoms with van der Waals surface area (Å²) >= 11 is 0.